The summed E-state index contributed by atoms with van der Waals surface area (Å²) in [5.41, 5.74) is 4.99. The van der Waals surface area contributed by atoms with Crippen molar-refractivity contribution in [2.45, 2.75) is 37.8 Å². The van der Waals surface area contributed by atoms with Gasteiger partial charge in [-0.15, -0.1) is 0 Å². The monoisotopic (exact) mass is 173 g/mol. The molecule has 70 valence electrons. The van der Waals surface area contributed by atoms with Crippen LogP contribution >= 0.6 is 0 Å². The van der Waals surface area contributed by atoms with Gasteiger partial charge in [-0.3, -0.25) is 0 Å². The molecule has 0 radical (unpaired) electrons. The highest BCUT2D eigenvalue weighted by Gasteiger charge is 2.35. The molecule has 0 heterocycles. The zero-order chi connectivity index (χ0) is 9.19. The summed E-state index contributed by atoms with van der Waals surface area (Å²) < 4.78 is 0. The van der Waals surface area contributed by atoms with E-state index in [1.807, 2.05) is 0 Å². The topological polar surface area (TPSA) is 92.6 Å². The van der Waals surface area contributed by atoms with Crippen molar-refractivity contribution >= 4 is 6.09 Å². The molecule has 1 aliphatic carbocycles. The second-order valence-corrected chi connectivity index (χ2v) is 3.32. The lowest BCUT2D eigenvalue weighted by Gasteiger charge is -2.38. The van der Waals surface area contributed by atoms with Crippen molar-refractivity contribution < 1.29 is 9.90 Å². The van der Waals surface area contributed by atoms with Crippen molar-refractivity contribution in [3.8, 4) is 0 Å². The van der Waals surface area contributed by atoms with E-state index >= 15 is 0 Å². The maximum absolute atomic E-state index is 10.5. The predicted molar refractivity (Wildman–Crippen MR) is 44.1 cm³/mol. The molecule has 1 saturated carbocycles. The molecule has 0 saturated heterocycles. The summed E-state index contributed by atoms with van der Waals surface area (Å²) in [6, 6.07) is 0. The number of carbonyl (C=O) groups is 1. The van der Waals surface area contributed by atoms with Gasteiger partial charge in [-0.25, -0.2) is 15.6 Å². The lowest BCUT2D eigenvalue weighted by Crippen LogP contribution is -2.62. The zero-order valence-corrected chi connectivity index (χ0v) is 6.99. The number of nitrogens with two attached hydrogens (primary N) is 2. The van der Waals surface area contributed by atoms with E-state index in [0.717, 1.165) is 24.3 Å². The Balaban J connectivity index is 2.62. The van der Waals surface area contributed by atoms with Crippen LogP contribution in [0.1, 0.15) is 32.1 Å². The summed E-state index contributed by atoms with van der Waals surface area (Å²) in [7, 11) is 0. The van der Waals surface area contributed by atoms with Crippen molar-refractivity contribution in [3.63, 3.8) is 0 Å². The van der Waals surface area contributed by atoms with E-state index in [4.69, 9.17) is 16.7 Å². The van der Waals surface area contributed by atoms with Crippen LogP contribution in [0.4, 0.5) is 4.79 Å². The van der Waals surface area contributed by atoms with E-state index in [-0.39, 0.29) is 0 Å². The van der Waals surface area contributed by atoms with Crippen LogP contribution in [0.2, 0.25) is 0 Å². The Morgan fingerprint density at radius 1 is 1.33 bits per heavy atom. The Kier molecular flexibility index (Phi) is 2.54. The van der Waals surface area contributed by atoms with Crippen LogP contribution in [0.3, 0.4) is 0 Å². The number of hydrogen-bond acceptors (Lipinski definition) is 3. The molecule has 5 heteroatoms. The first-order valence-electron chi connectivity index (χ1n) is 4.13. The maximum atomic E-state index is 10.5. The summed E-state index contributed by atoms with van der Waals surface area (Å²) in [5, 5.41) is 9.36. The van der Waals surface area contributed by atoms with Gasteiger partial charge in [0.25, 0.3) is 0 Å². The lowest BCUT2D eigenvalue weighted by atomic mass is 9.89. The minimum Gasteiger partial charge on any atom is -0.464 e. The molecule has 0 bridgehead atoms. The summed E-state index contributed by atoms with van der Waals surface area (Å²) in [6.45, 7) is 0. The molecule has 0 unspecified atom stereocenters. The molecular weight excluding hydrogens is 158 g/mol. The number of rotatable bonds is 1. The summed E-state index contributed by atoms with van der Waals surface area (Å²) in [5.74, 6) is 5.33. The molecule has 0 aromatic heterocycles. The first-order chi connectivity index (χ1) is 5.56. The predicted octanol–water partition coefficient (Wildman–Crippen LogP) is 0.459. The third-order valence-corrected chi connectivity index (χ3v) is 2.41. The molecule has 1 fully saturated rings. The highest BCUT2D eigenvalue weighted by atomic mass is 16.4. The third kappa shape index (κ3) is 1.67. The van der Waals surface area contributed by atoms with Crippen LogP contribution in [0.15, 0.2) is 0 Å². The van der Waals surface area contributed by atoms with E-state index in [2.05, 4.69) is 0 Å². The van der Waals surface area contributed by atoms with E-state index in [0.29, 0.717) is 12.8 Å². The molecule has 1 rings (SSSR count). The number of hydrogen-bond donors (Lipinski definition) is 3. The highest BCUT2D eigenvalue weighted by Crippen LogP contribution is 2.27. The maximum Gasteiger partial charge on any atom is 0.423 e. The molecule has 0 atom stereocenters. The lowest BCUT2D eigenvalue weighted by molar-refractivity contribution is 0.0530. The van der Waals surface area contributed by atoms with Gasteiger partial charge in [-0.1, -0.05) is 6.42 Å². The Bertz CT molecular complexity index is 177. The molecule has 5 N–H and O–H groups in total. The van der Waals surface area contributed by atoms with Gasteiger partial charge in [0.1, 0.15) is 5.66 Å². The number of amides is 1. The van der Waals surface area contributed by atoms with Gasteiger partial charge in [0.15, 0.2) is 0 Å². The van der Waals surface area contributed by atoms with Crippen LogP contribution in [0.25, 0.3) is 0 Å². The van der Waals surface area contributed by atoms with E-state index in [1.165, 1.54) is 0 Å². The highest BCUT2D eigenvalue weighted by molar-refractivity contribution is 5.65. The Labute approximate surface area is 71.3 Å². The van der Waals surface area contributed by atoms with E-state index in [1.54, 1.807) is 0 Å². The van der Waals surface area contributed by atoms with Crippen LogP contribution in [0.5, 0.6) is 0 Å². The summed E-state index contributed by atoms with van der Waals surface area (Å²) in [6.07, 6.45) is 3.20. The molecule has 0 spiro atoms. The quantitative estimate of drug-likeness (QED) is 0.232. The van der Waals surface area contributed by atoms with Gasteiger partial charge in [0.05, 0.1) is 0 Å². The molecule has 1 amide bonds. The van der Waals surface area contributed by atoms with Crippen molar-refractivity contribution in [2.24, 2.45) is 11.6 Å². The minimum atomic E-state index is -1.15. The Hall–Kier alpha value is -0.810. The van der Waals surface area contributed by atoms with Crippen LogP contribution in [-0.4, -0.2) is 21.9 Å². The fraction of sp³-hybridized carbons (Fsp3) is 0.857. The molecule has 0 aromatic carbocycles. The average Bonchev–Trinajstić information content (AvgIpc) is 2.04. The molecule has 12 heavy (non-hydrogen) atoms. The Morgan fingerprint density at radius 2 is 1.83 bits per heavy atom. The van der Waals surface area contributed by atoms with Gasteiger partial charge in [0.2, 0.25) is 0 Å². The van der Waals surface area contributed by atoms with Crippen LogP contribution in [-0.2, 0) is 0 Å². The van der Waals surface area contributed by atoms with E-state index < -0.39 is 11.8 Å². The number of nitrogens with zero attached hydrogens (tertiary/aromatic N) is 1. The largest absolute Gasteiger partial charge is 0.464 e. The Morgan fingerprint density at radius 3 is 2.25 bits per heavy atom. The fourth-order valence-electron chi connectivity index (χ4n) is 1.60. The van der Waals surface area contributed by atoms with Gasteiger partial charge >= 0.3 is 6.09 Å². The number of hydrazine groups is 1. The van der Waals surface area contributed by atoms with Crippen LogP contribution < -0.4 is 11.6 Å². The number of carboxylic acid groups (broad SMARTS) is 1. The first kappa shape index (κ1) is 9.28. The van der Waals surface area contributed by atoms with Gasteiger partial charge in [-0.2, -0.15) is 0 Å². The summed E-state index contributed by atoms with van der Waals surface area (Å²) in [4.78, 5) is 10.5. The van der Waals surface area contributed by atoms with Crippen LogP contribution in [0, 0.1) is 0 Å². The fourth-order valence-corrected chi connectivity index (χ4v) is 1.60. The second kappa shape index (κ2) is 3.28. The molecular formula is C7H15N3O2. The molecule has 0 aromatic rings. The summed E-state index contributed by atoms with van der Waals surface area (Å²) >= 11 is 0. The van der Waals surface area contributed by atoms with Crippen molar-refractivity contribution in [1.82, 2.24) is 5.01 Å². The molecule has 1 aliphatic rings. The second-order valence-electron chi connectivity index (χ2n) is 3.32. The van der Waals surface area contributed by atoms with Crippen molar-refractivity contribution in [1.29, 1.82) is 0 Å². The van der Waals surface area contributed by atoms with Gasteiger partial charge in [-0.05, 0) is 25.7 Å². The smallest absolute Gasteiger partial charge is 0.423 e. The zero-order valence-electron chi connectivity index (χ0n) is 6.99. The molecule has 5 nitrogen and oxygen atoms in total. The standard InChI is InChI=1S/C7H15N3O2/c8-7(10(9)6(11)12)4-2-1-3-5-7/h1-5,8-9H2,(H,11,12). The van der Waals surface area contributed by atoms with E-state index in [9.17, 15) is 4.79 Å². The first-order valence-corrected chi connectivity index (χ1v) is 4.13. The normalized spacial score (nSPS) is 21.8. The average molecular weight is 173 g/mol. The van der Waals surface area contributed by atoms with Crippen molar-refractivity contribution in [2.75, 3.05) is 0 Å². The van der Waals surface area contributed by atoms with Gasteiger partial charge in [0, 0.05) is 0 Å². The van der Waals surface area contributed by atoms with Gasteiger partial charge < -0.3 is 10.8 Å². The molecule has 0 aliphatic heterocycles. The SMILES string of the molecule is NN(C(=O)O)C1(N)CCCCC1. The van der Waals surface area contributed by atoms with Crippen molar-refractivity contribution in [3.05, 3.63) is 0 Å². The third-order valence-electron chi connectivity index (χ3n) is 2.41. The minimum absolute atomic E-state index is 0.662.